The molecule has 0 radical (unpaired) electrons. The highest BCUT2D eigenvalue weighted by atomic mass is 19.4. The van der Waals surface area contributed by atoms with Gasteiger partial charge in [-0.15, -0.1) is 0 Å². The number of hydrogen-bond donors (Lipinski definition) is 0. The summed E-state index contributed by atoms with van der Waals surface area (Å²) in [7, 11) is 0. The lowest BCUT2D eigenvalue weighted by Crippen LogP contribution is -2.43. The van der Waals surface area contributed by atoms with Crippen molar-refractivity contribution in [1.82, 2.24) is 10.1 Å². The molecule has 0 spiro atoms. The third-order valence-electron chi connectivity index (χ3n) is 7.58. The van der Waals surface area contributed by atoms with Gasteiger partial charge in [-0.3, -0.25) is 0 Å². The van der Waals surface area contributed by atoms with Gasteiger partial charge in [0.2, 0.25) is 0 Å². The second-order valence-electron chi connectivity index (χ2n) is 10.5. The van der Waals surface area contributed by atoms with Gasteiger partial charge in [-0.2, -0.15) is 18.2 Å². The number of aryl methyl sites for hydroxylation is 1. The van der Waals surface area contributed by atoms with Crippen molar-refractivity contribution in [1.29, 1.82) is 0 Å². The normalized spacial score (nSPS) is 14.3. The number of hydrogen-bond acceptors (Lipinski definition) is 4. The number of halogens is 3. The van der Waals surface area contributed by atoms with Gasteiger partial charge in [0.25, 0.3) is 5.89 Å². The van der Waals surface area contributed by atoms with Crippen LogP contribution < -0.4 is 0 Å². The maximum atomic E-state index is 13.7. The largest absolute Gasteiger partial charge is 0.632 e. The molecule has 214 valence electrons. The van der Waals surface area contributed by atoms with Gasteiger partial charge in [-0.1, -0.05) is 87.7 Å². The predicted molar refractivity (Wildman–Crippen MR) is 148 cm³/mol. The van der Waals surface area contributed by atoms with Crippen molar-refractivity contribution in [3.05, 3.63) is 76.3 Å². The first kappa shape index (κ1) is 30.8. The molecule has 0 aliphatic rings. The van der Waals surface area contributed by atoms with Crippen LogP contribution in [0.25, 0.3) is 11.5 Å². The minimum atomic E-state index is -4.40. The fourth-order valence-corrected chi connectivity index (χ4v) is 4.87. The van der Waals surface area contributed by atoms with Gasteiger partial charge in [0.15, 0.2) is 5.82 Å². The van der Waals surface area contributed by atoms with Crippen LogP contribution in [0.5, 0.6) is 0 Å². The van der Waals surface area contributed by atoms with Crippen LogP contribution in [0, 0.1) is 5.21 Å². The van der Waals surface area contributed by atoms with Crippen LogP contribution in [0.4, 0.5) is 13.2 Å². The Bertz CT molecular complexity index is 1110. The van der Waals surface area contributed by atoms with E-state index in [9.17, 15) is 18.4 Å². The summed E-state index contributed by atoms with van der Waals surface area (Å²) in [5.74, 6) is 1.17. The third kappa shape index (κ3) is 9.17. The molecule has 1 aromatic heterocycles. The summed E-state index contributed by atoms with van der Waals surface area (Å²) >= 11 is 0. The van der Waals surface area contributed by atoms with E-state index < -0.39 is 22.4 Å². The number of aromatic nitrogens is 2. The molecule has 0 bridgehead atoms. The molecule has 1 unspecified atom stereocenters. The lowest BCUT2D eigenvalue weighted by atomic mass is 10.0. The van der Waals surface area contributed by atoms with E-state index in [4.69, 9.17) is 4.52 Å². The van der Waals surface area contributed by atoms with Crippen molar-refractivity contribution in [3.63, 3.8) is 0 Å². The average Bonchev–Trinajstić information content (AvgIpc) is 3.40. The van der Waals surface area contributed by atoms with E-state index in [1.165, 1.54) is 63.5 Å². The van der Waals surface area contributed by atoms with Gasteiger partial charge >= 0.3 is 6.18 Å². The Morgan fingerprint density at radius 1 is 0.846 bits per heavy atom. The molecular formula is C31H42F3N3O2. The van der Waals surface area contributed by atoms with Crippen LogP contribution in [0.2, 0.25) is 0 Å². The van der Waals surface area contributed by atoms with Crippen molar-refractivity contribution >= 4 is 0 Å². The van der Waals surface area contributed by atoms with E-state index in [0.717, 1.165) is 36.1 Å². The Morgan fingerprint density at radius 3 is 2.00 bits per heavy atom. The van der Waals surface area contributed by atoms with Gasteiger partial charge in [0.05, 0.1) is 12.1 Å². The zero-order valence-electron chi connectivity index (χ0n) is 23.5. The van der Waals surface area contributed by atoms with Crippen molar-refractivity contribution in [2.75, 3.05) is 6.54 Å². The fraction of sp³-hybridized carbons (Fsp3) is 0.548. The maximum absolute atomic E-state index is 13.7. The highest BCUT2D eigenvalue weighted by molar-refractivity contribution is 5.53. The molecule has 0 saturated carbocycles. The zero-order valence-corrected chi connectivity index (χ0v) is 23.5. The Kier molecular flexibility index (Phi) is 11.5. The quantitative estimate of drug-likeness (QED) is 0.102. The van der Waals surface area contributed by atoms with Crippen LogP contribution in [0.3, 0.4) is 0 Å². The molecule has 39 heavy (non-hydrogen) atoms. The Hall–Kier alpha value is -2.71. The molecule has 2 atom stereocenters. The van der Waals surface area contributed by atoms with E-state index in [1.807, 2.05) is 24.3 Å². The highest BCUT2D eigenvalue weighted by Crippen LogP contribution is 2.34. The van der Waals surface area contributed by atoms with Crippen LogP contribution in [0.1, 0.15) is 107 Å². The average molecular weight is 546 g/mol. The minimum Gasteiger partial charge on any atom is -0.632 e. The van der Waals surface area contributed by atoms with Crippen molar-refractivity contribution < 1.29 is 22.3 Å². The second-order valence-corrected chi connectivity index (χ2v) is 10.5. The van der Waals surface area contributed by atoms with Crippen LogP contribution in [-0.2, 0) is 19.1 Å². The third-order valence-corrected chi connectivity index (χ3v) is 7.58. The lowest BCUT2D eigenvalue weighted by molar-refractivity contribution is -0.920. The SMILES string of the molecule is CCCCCCCCCCCc1noc(-c2ccc(C[N+]([O-])(CC)[C@@H](C)c3ccc(C(F)(F)F)cc3)cc2)n1. The van der Waals surface area contributed by atoms with E-state index in [-0.39, 0.29) is 13.1 Å². The topological polar surface area (TPSA) is 62.0 Å². The minimum absolute atomic E-state index is 0.201. The van der Waals surface area contributed by atoms with Crippen LogP contribution in [-0.4, -0.2) is 21.3 Å². The van der Waals surface area contributed by atoms with E-state index in [0.29, 0.717) is 17.3 Å². The molecule has 1 heterocycles. The second kappa shape index (κ2) is 14.6. The number of rotatable bonds is 16. The van der Waals surface area contributed by atoms with Crippen molar-refractivity contribution in [2.24, 2.45) is 0 Å². The molecule has 8 heteroatoms. The van der Waals surface area contributed by atoms with Crippen molar-refractivity contribution in [2.45, 2.75) is 104 Å². The predicted octanol–water partition coefficient (Wildman–Crippen LogP) is 9.42. The molecule has 0 fully saturated rings. The van der Waals surface area contributed by atoms with Crippen LogP contribution in [0.15, 0.2) is 53.1 Å². The van der Waals surface area contributed by atoms with E-state index in [1.54, 1.807) is 13.8 Å². The fourth-order valence-electron chi connectivity index (χ4n) is 4.87. The van der Waals surface area contributed by atoms with Crippen LogP contribution >= 0.6 is 0 Å². The maximum Gasteiger partial charge on any atom is 0.416 e. The molecule has 3 rings (SSSR count). The van der Waals surface area contributed by atoms with E-state index in [2.05, 4.69) is 17.1 Å². The lowest BCUT2D eigenvalue weighted by Gasteiger charge is -2.47. The Labute approximate surface area is 230 Å². The summed E-state index contributed by atoms with van der Waals surface area (Å²) in [5.41, 5.74) is 1.50. The van der Waals surface area contributed by atoms with Crippen molar-refractivity contribution in [3.8, 4) is 11.5 Å². The molecule has 5 nitrogen and oxygen atoms in total. The number of nitrogens with zero attached hydrogens (tertiary/aromatic N) is 3. The monoisotopic (exact) mass is 545 g/mol. The summed E-state index contributed by atoms with van der Waals surface area (Å²) in [6, 6.07) is 11.8. The summed E-state index contributed by atoms with van der Waals surface area (Å²) in [6.07, 6.45) is 7.78. The summed E-state index contributed by atoms with van der Waals surface area (Å²) in [5, 5.41) is 17.8. The van der Waals surface area contributed by atoms with Gasteiger partial charge < -0.3 is 14.4 Å². The number of benzene rings is 2. The standard InChI is InChI=1S/C31H42F3N3O2/c1-4-6-7-8-9-10-11-12-13-14-29-35-30(39-36-29)27-17-15-25(16-18-27)23-37(38,5-2)24(3)26-19-21-28(22-20-26)31(32,33)34/h15-22,24H,4-14,23H2,1-3H3/t24-,37?/m0/s1. The Balaban J connectivity index is 1.51. The summed E-state index contributed by atoms with van der Waals surface area (Å²) in [4.78, 5) is 4.54. The van der Waals surface area contributed by atoms with E-state index >= 15 is 0 Å². The molecule has 3 aromatic rings. The molecule has 0 amide bonds. The first-order valence-corrected chi connectivity index (χ1v) is 14.3. The zero-order chi connectivity index (χ0) is 28.3. The number of alkyl halides is 3. The van der Waals surface area contributed by atoms with Gasteiger partial charge in [0, 0.05) is 23.1 Å². The number of hydroxylamine groups is 3. The number of unbranched alkanes of at least 4 members (excludes halogenated alkanes) is 8. The number of quaternary nitrogens is 1. The molecule has 0 aliphatic heterocycles. The first-order valence-electron chi connectivity index (χ1n) is 14.3. The molecule has 2 aromatic carbocycles. The molecule has 0 N–H and O–H groups in total. The summed E-state index contributed by atoms with van der Waals surface area (Å²) < 4.78 is 43.7. The molecule has 0 aliphatic carbocycles. The van der Waals surface area contributed by atoms with Gasteiger partial charge in [0.1, 0.15) is 12.6 Å². The summed E-state index contributed by atoms with van der Waals surface area (Å²) in [6.45, 7) is 6.29. The first-order chi connectivity index (χ1) is 18.7. The van der Waals surface area contributed by atoms with Gasteiger partial charge in [-0.25, -0.2) is 0 Å². The molecular weight excluding hydrogens is 503 g/mol. The highest BCUT2D eigenvalue weighted by Gasteiger charge is 2.31. The molecule has 0 saturated heterocycles. The van der Waals surface area contributed by atoms with Gasteiger partial charge in [-0.05, 0) is 44.5 Å². The Morgan fingerprint density at radius 2 is 1.44 bits per heavy atom. The smallest absolute Gasteiger partial charge is 0.416 e.